The van der Waals surface area contributed by atoms with Crippen LogP contribution in [0.25, 0.3) is 0 Å². The summed E-state index contributed by atoms with van der Waals surface area (Å²) in [6.45, 7) is 3.14. The number of carbonyl (C=O) groups is 1. The number of aliphatic carboxylic acids is 1. The van der Waals surface area contributed by atoms with E-state index in [1.165, 1.54) is 0 Å². The Morgan fingerprint density at radius 1 is 1.35 bits per heavy atom. The molecule has 1 N–H and O–H groups in total. The third-order valence-electron chi connectivity index (χ3n) is 2.97. The maximum atomic E-state index is 10.6. The minimum absolute atomic E-state index is 0.168. The monoisotopic (exact) mass is 274 g/mol. The maximum Gasteiger partial charge on any atom is 0.303 e. The van der Waals surface area contributed by atoms with Gasteiger partial charge in [0.05, 0.1) is 6.54 Å². The summed E-state index contributed by atoms with van der Waals surface area (Å²) in [5.74, 6) is 0.00819. The lowest BCUT2D eigenvalue weighted by Gasteiger charge is -2.23. The van der Waals surface area contributed by atoms with Gasteiger partial charge in [0.1, 0.15) is 11.5 Å². The van der Waals surface area contributed by atoms with Crippen LogP contribution in [0.2, 0.25) is 0 Å². The van der Waals surface area contributed by atoms with E-state index in [9.17, 15) is 4.79 Å². The number of aryl methyl sites for hydroxylation is 1. The Bertz CT molecular complexity index is 551. The van der Waals surface area contributed by atoms with E-state index >= 15 is 0 Å². The van der Waals surface area contributed by atoms with Gasteiger partial charge in [-0.1, -0.05) is 23.4 Å². The zero-order valence-corrected chi connectivity index (χ0v) is 11.5. The van der Waals surface area contributed by atoms with E-state index in [1.54, 1.807) is 0 Å². The van der Waals surface area contributed by atoms with Crippen molar-refractivity contribution in [2.75, 3.05) is 11.4 Å². The first-order valence-electron chi connectivity index (χ1n) is 6.59. The molecule has 0 saturated carbocycles. The van der Waals surface area contributed by atoms with Crippen molar-refractivity contribution in [3.63, 3.8) is 0 Å². The fourth-order valence-electron chi connectivity index (χ4n) is 2.05. The van der Waals surface area contributed by atoms with Crippen LogP contribution in [0.5, 0.6) is 0 Å². The zero-order valence-electron chi connectivity index (χ0n) is 11.5. The molecule has 1 heterocycles. The highest BCUT2D eigenvalue weighted by Gasteiger charge is 2.10. The second-order valence-electron chi connectivity index (χ2n) is 4.68. The molecule has 1 aromatic carbocycles. The Kier molecular flexibility index (Phi) is 4.76. The van der Waals surface area contributed by atoms with E-state index < -0.39 is 5.97 Å². The second-order valence-corrected chi connectivity index (χ2v) is 4.68. The first kappa shape index (κ1) is 14.1. The van der Waals surface area contributed by atoms with Crippen LogP contribution in [0.15, 0.2) is 40.9 Å². The Hall–Kier alpha value is -2.30. The van der Waals surface area contributed by atoms with E-state index in [1.807, 2.05) is 43.3 Å². The van der Waals surface area contributed by atoms with E-state index in [-0.39, 0.29) is 6.42 Å². The van der Waals surface area contributed by atoms with Crippen LogP contribution in [0.3, 0.4) is 0 Å². The number of anilines is 1. The van der Waals surface area contributed by atoms with Crippen molar-refractivity contribution in [2.45, 2.75) is 26.3 Å². The predicted octanol–water partition coefficient (Wildman–Crippen LogP) is 2.85. The highest BCUT2D eigenvalue weighted by Crippen LogP contribution is 2.17. The van der Waals surface area contributed by atoms with Crippen molar-refractivity contribution in [3.05, 3.63) is 47.9 Å². The number of para-hydroxylation sites is 1. The molecule has 2 rings (SSSR count). The molecule has 2 aromatic rings. The predicted molar refractivity (Wildman–Crippen MR) is 75.6 cm³/mol. The molecule has 0 saturated heterocycles. The molecule has 0 amide bonds. The molecule has 0 spiro atoms. The number of hydrogen-bond donors (Lipinski definition) is 1. The van der Waals surface area contributed by atoms with Crippen LogP contribution < -0.4 is 4.90 Å². The fourth-order valence-corrected chi connectivity index (χ4v) is 2.05. The minimum Gasteiger partial charge on any atom is -0.481 e. The summed E-state index contributed by atoms with van der Waals surface area (Å²) in [6, 6.07) is 11.8. The normalized spacial score (nSPS) is 10.4. The zero-order chi connectivity index (χ0) is 14.4. The fraction of sp³-hybridized carbons (Fsp3) is 0.333. The maximum absolute atomic E-state index is 10.6. The molecule has 5 heteroatoms. The summed E-state index contributed by atoms with van der Waals surface area (Å²) in [5.41, 5.74) is 1.90. The molecule has 0 atom stereocenters. The molecule has 0 aliphatic rings. The topological polar surface area (TPSA) is 66.6 Å². The number of carboxylic acid groups (broad SMARTS) is 1. The van der Waals surface area contributed by atoms with Gasteiger partial charge in [0.25, 0.3) is 0 Å². The molecule has 0 radical (unpaired) electrons. The first-order valence-corrected chi connectivity index (χ1v) is 6.59. The molecule has 0 fully saturated rings. The molecule has 1 aromatic heterocycles. The lowest BCUT2D eigenvalue weighted by Crippen LogP contribution is -2.24. The summed E-state index contributed by atoms with van der Waals surface area (Å²) >= 11 is 0. The van der Waals surface area contributed by atoms with E-state index in [4.69, 9.17) is 9.63 Å². The summed E-state index contributed by atoms with van der Waals surface area (Å²) < 4.78 is 5.07. The summed E-state index contributed by atoms with van der Waals surface area (Å²) in [7, 11) is 0. The van der Waals surface area contributed by atoms with E-state index in [0.29, 0.717) is 19.5 Å². The molecule has 0 bridgehead atoms. The van der Waals surface area contributed by atoms with Crippen LogP contribution in [0.4, 0.5) is 5.69 Å². The highest BCUT2D eigenvalue weighted by molar-refractivity contribution is 5.66. The number of aromatic nitrogens is 1. The van der Waals surface area contributed by atoms with Crippen molar-refractivity contribution in [2.24, 2.45) is 0 Å². The van der Waals surface area contributed by atoms with Crippen molar-refractivity contribution >= 4 is 11.7 Å². The van der Waals surface area contributed by atoms with Crippen LogP contribution in [-0.2, 0) is 11.3 Å². The van der Waals surface area contributed by atoms with Gasteiger partial charge in [0.2, 0.25) is 0 Å². The summed E-state index contributed by atoms with van der Waals surface area (Å²) in [4.78, 5) is 12.7. The molecule has 106 valence electrons. The molecule has 5 nitrogen and oxygen atoms in total. The molecule has 0 aliphatic carbocycles. The van der Waals surface area contributed by atoms with Crippen molar-refractivity contribution in [1.82, 2.24) is 5.16 Å². The largest absolute Gasteiger partial charge is 0.481 e. The van der Waals surface area contributed by atoms with Gasteiger partial charge in [0.15, 0.2) is 0 Å². The second kappa shape index (κ2) is 6.75. The third kappa shape index (κ3) is 4.12. The van der Waals surface area contributed by atoms with Gasteiger partial charge in [-0.15, -0.1) is 0 Å². The van der Waals surface area contributed by atoms with Gasteiger partial charge in [-0.05, 0) is 25.5 Å². The first-order chi connectivity index (χ1) is 9.65. The Balaban J connectivity index is 2.05. The van der Waals surface area contributed by atoms with Gasteiger partial charge in [-0.2, -0.15) is 0 Å². The van der Waals surface area contributed by atoms with Crippen LogP contribution in [-0.4, -0.2) is 22.8 Å². The Labute approximate surface area is 117 Å². The van der Waals surface area contributed by atoms with Crippen molar-refractivity contribution in [3.8, 4) is 0 Å². The highest BCUT2D eigenvalue weighted by atomic mass is 16.5. The average molecular weight is 274 g/mol. The van der Waals surface area contributed by atoms with Gasteiger partial charge in [-0.3, -0.25) is 4.79 Å². The Morgan fingerprint density at radius 2 is 2.10 bits per heavy atom. The van der Waals surface area contributed by atoms with E-state index in [2.05, 4.69) is 10.1 Å². The number of benzene rings is 1. The van der Waals surface area contributed by atoms with Crippen molar-refractivity contribution in [1.29, 1.82) is 0 Å². The molecule has 0 unspecified atom stereocenters. The summed E-state index contributed by atoms with van der Waals surface area (Å²) in [6.07, 6.45) is 0.766. The van der Waals surface area contributed by atoms with Gasteiger partial charge in [-0.25, -0.2) is 0 Å². The van der Waals surface area contributed by atoms with Crippen LogP contribution in [0, 0.1) is 6.92 Å². The van der Waals surface area contributed by atoms with Gasteiger partial charge in [0, 0.05) is 24.7 Å². The summed E-state index contributed by atoms with van der Waals surface area (Å²) in [5, 5.41) is 12.7. The number of nitrogens with zero attached hydrogens (tertiary/aromatic N) is 2. The third-order valence-corrected chi connectivity index (χ3v) is 2.97. The lowest BCUT2D eigenvalue weighted by atomic mass is 10.2. The van der Waals surface area contributed by atoms with Gasteiger partial charge >= 0.3 is 5.97 Å². The minimum atomic E-state index is -0.768. The number of hydrogen-bond acceptors (Lipinski definition) is 4. The molecular formula is C15H18N2O3. The average Bonchev–Trinajstić information content (AvgIpc) is 2.84. The quantitative estimate of drug-likeness (QED) is 0.841. The smallest absolute Gasteiger partial charge is 0.303 e. The Morgan fingerprint density at radius 3 is 2.70 bits per heavy atom. The molecule has 0 aliphatic heterocycles. The molecule has 20 heavy (non-hydrogen) atoms. The SMILES string of the molecule is Cc1cc(CN(CCCC(=O)O)c2ccccc2)no1. The van der Waals surface area contributed by atoms with Crippen LogP contribution in [0.1, 0.15) is 24.3 Å². The number of carboxylic acids is 1. The number of rotatable bonds is 7. The molecular weight excluding hydrogens is 256 g/mol. The van der Waals surface area contributed by atoms with Crippen LogP contribution >= 0.6 is 0 Å². The van der Waals surface area contributed by atoms with Crippen molar-refractivity contribution < 1.29 is 14.4 Å². The standard InChI is InChI=1S/C15H18N2O3/c1-12-10-13(16-20-12)11-17(9-5-8-15(18)19)14-6-3-2-4-7-14/h2-4,6-7,10H,5,8-9,11H2,1H3,(H,18,19). The van der Waals surface area contributed by atoms with Gasteiger partial charge < -0.3 is 14.5 Å². The lowest BCUT2D eigenvalue weighted by molar-refractivity contribution is -0.137. The van der Waals surface area contributed by atoms with E-state index in [0.717, 1.165) is 17.1 Å².